The average Bonchev–Trinajstić information content (AvgIpc) is 3.38. The third-order valence-electron chi connectivity index (χ3n) is 4.88. The van der Waals surface area contributed by atoms with Crippen LogP contribution in [0.2, 0.25) is 0 Å². The summed E-state index contributed by atoms with van der Waals surface area (Å²) in [5.41, 5.74) is 0. The Labute approximate surface area is 152 Å². The summed E-state index contributed by atoms with van der Waals surface area (Å²) in [5, 5.41) is 1.10. The van der Waals surface area contributed by atoms with Gasteiger partial charge in [0.1, 0.15) is 0 Å². The van der Waals surface area contributed by atoms with Crippen LogP contribution < -0.4 is 0 Å². The van der Waals surface area contributed by atoms with Crippen molar-refractivity contribution in [2.45, 2.75) is 96.8 Å². The van der Waals surface area contributed by atoms with Gasteiger partial charge in [-0.25, -0.2) is 0 Å². The Kier molecular flexibility index (Phi) is 13.1. The molecule has 0 bridgehead atoms. The largest absolute Gasteiger partial charge is 0.465 e. The Morgan fingerprint density at radius 2 is 1.57 bits per heavy atom. The average molecular weight is 389 g/mol. The Hall–Kier alpha value is -0.0500. The maximum atomic E-state index is 12.3. The van der Waals surface area contributed by atoms with Crippen LogP contribution in [0.1, 0.15) is 96.8 Å². The van der Waals surface area contributed by atoms with E-state index in [9.17, 15) is 4.79 Å². The lowest BCUT2D eigenvalue weighted by Crippen LogP contribution is -2.20. The monoisotopic (exact) mass is 388 g/mol. The van der Waals surface area contributed by atoms with E-state index >= 15 is 0 Å². The molecule has 1 rings (SSSR count). The maximum Gasteiger partial charge on any atom is 0.309 e. The fraction of sp³-hybridized carbons (Fsp3) is 0.950. The molecule has 1 aliphatic rings. The van der Waals surface area contributed by atoms with E-state index in [2.05, 4.69) is 22.9 Å². The molecule has 0 aliphatic heterocycles. The molecule has 0 amide bonds. The fourth-order valence-corrected chi connectivity index (χ4v) is 3.59. The first-order valence-electron chi connectivity index (χ1n) is 10.0. The van der Waals surface area contributed by atoms with E-state index in [0.717, 1.165) is 18.2 Å². The first-order chi connectivity index (χ1) is 11.3. The van der Waals surface area contributed by atoms with Crippen molar-refractivity contribution in [3.8, 4) is 0 Å². The molecule has 0 aromatic rings. The minimum absolute atomic E-state index is 0.0986. The Balaban J connectivity index is 2.05. The van der Waals surface area contributed by atoms with Crippen molar-refractivity contribution in [3.05, 3.63) is 0 Å². The molecule has 1 atom stereocenters. The SMILES string of the molecule is CCCCCCCCC(C(=O)OCCCCCCCBr)C1CC1. The van der Waals surface area contributed by atoms with Gasteiger partial charge in [0, 0.05) is 5.33 Å². The lowest BCUT2D eigenvalue weighted by Gasteiger charge is -2.15. The van der Waals surface area contributed by atoms with E-state index in [1.807, 2.05) is 0 Å². The maximum absolute atomic E-state index is 12.3. The first kappa shape index (κ1) is 21.0. The Morgan fingerprint density at radius 3 is 2.22 bits per heavy atom. The molecule has 23 heavy (non-hydrogen) atoms. The van der Waals surface area contributed by atoms with Crippen molar-refractivity contribution in [2.24, 2.45) is 11.8 Å². The van der Waals surface area contributed by atoms with E-state index in [1.165, 1.54) is 77.0 Å². The third-order valence-corrected chi connectivity index (χ3v) is 5.45. The number of rotatable bonds is 16. The summed E-state index contributed by atoms with van der Waals surface area (Å²) in [7, 11) is 0. The second kappa shape index (κ2) is 14.3. The normalized spacial score (nSPS) is 15.6. The first-order valence-corrected chi connectivity index (χ1v) is 11.1. The number of carbonyl (C=O) groups excluding carboxylic acids is 1. The summed E-state index contributed by atoms with van der Waals surface area (Å²) < 4.78 is 5.56. The fourth-order valence-electron chi connectivity index (χ4n) is 3.20. The van der Waals surface area contributed by atoms with E-state index in [1.54, 1.807) is 0 Å². The van der Waals surface area contributed by atoms with Gasteiger partial charge in [0.15, 0.2) is 0 Å². The lowest BCUT2D eigenvalue weighted by molar-refractivity contribution is -0.149. The molecule has 0 aromatic heterocycles. The summed E-state index contributed by atoms with van der Waals surface area (Å²) in [6.45, 7) is 2.88. The molecule has 0 heterocycles. The van der Waals surface area contributed by atoms with Gasteiger partial charge in [0.05, 0.1) is 12.5 Å². The number of carbonyl (C=O) groups is 1. The quantitative estimate of drug-likeness (QED) is 0.168. The molecule has 1 fully saturated rings. The van der Waals surface area contributed by atoms with Crippen LogP contribution in [0.3, 0.4) is 0 Å². The summed E-state index contributed by atoms with van der Waals surface area (Å²) in [5.74, 6) is 0.938. The van der Waals surface area contributed by atoms with Crippen LogP contribution in [-0.2, 0) is 9.53 Å². The molecule has 1 saturated carbocycles. The predicted octanol–water partition coefficient (Wildman–Crippen LogP) is 6.65. The highest BCUT2D eigenvalue weighted by Gasteiger charge is 2.36. The smallest absolute Gasteiger partial charge is 0.309 e. The van der Waals surface area contributed by atoms with Gasteiger partial charge >= 0.3 is 5.97 Å². The second-order valence-electron chi connectivity index (χ2n) is 7.12. The molecule has 0 saturated heterocycles. The molecule has 3 heteroatoms. The van der Waals surface area contributed by atoms with Gasteiger partial charge in [-0.05, 0) is 38.0 Å². The van der Waals surface area contributed by atoms with E-state index in [0.29, 0.717) is 12.5 Å². The topological polar surface area (TPSA) is 26.3 Å². The highest BCUT2D eigenvalue weighted by molar-refractivity contribution is 9.09. The van der Waals surface area contributed by atoms with Crippen molar-refractivity contribution in [1.82, 2.24) is 0 Å². The molecule has 0 N–H and O–H groups in total. The number of hydrogen-bond donors (Lipinski definition) is 0. The van der Waals surface area contributed by atoms with Gasteiger partial charge in [0.2, 0.25) is 0 Å². The number of alkyl halides is 1. The van der Waals surface area contributed by atoms with Crippen molar-refractivity contribution >= 4 is 21.9 Å². The minimum Gasteiger partial charge on any atom is -0.465 e. The third kappa shape index (κ3) is 11.2. The van der Waals surface area contributed by atoms with Crippen LogP contribution >= 0.6 is 15.9 Å². The Bertz CT molecular complexity index is 289. The zero-order valence-corrected chi connectivity index (χ0v) is 16.7. The Morgan fingerprint density at radius 1 is 0.957 bits per heavy atom. The van der Waals surface area contributed by atoms with Crippen molar-refractivity contribution < 1.29 is 9.53 Å². The van der Waals surface area contributed by atoms with Crippen LogP contribution in [0.25, 0.3) is 0 Å². The molecule has 136 valence electrons. The minimum atomic E-state index is 0.0986. The van der Waals surface area contributed by atoms with E-state index in [-0.39, 0.29) is 11.9 Å². The standard InChI is InChI=1S/C20H37BrO2/c1-2-3-4-5-7-10-13-19(18-14-15-18)20(22)23-17-12-9-6-8-11-16-21/h18-19H,2-17H2,1H3. The zero-order valence-electron chi connectivity index (χ0n) is 15.2. The van der Waals surface area contributed by atoms with Crippen molar-refractivity contribution in [1.29, 1.82) is 0 Å². The van der Waals surface area contributed by atoms with Crippen LogP contribution in [-0.4, -0.2) is 17.9 Å². The molecule has 1 unspecified atom stereocenters. The molecule has 1 aliphatic carbocycles. The summed E-state index contributed by atoms with van der Waals surface area (Å²) in [6.07, 6.45) is 17.3. The molecular weight excluding hydrogens is 352 g/mol. The van der Waals surface area contributed by atoms with Gasteiger partial charge in [-0.3, -0.25) is 4.79 Å². The molecule has 2 nitrogen and oxygen atoms in total. The number of unbranched alkanes of at least 4 members (excludes halogenated alkanes) is 9. The molecule has 0 spiro atoms. The number of hydrogen-bond acceptors (Lipinski definition) is 2. The van der Waals surface area contributed by atoms with Crippen LogP contribution in [0.5, 0.6) is 0 Å². The van der Waals surface area contributed by atoms with Gasteiger partial charge in [-0.2, -0.15) is 0 Å². The van der Waals surface area contributed by atoms with Gasteiger partial charge < -0.3 is 4.74 Å². The second-order valence-corrected chi connectivity index (χ2v) is 7.92. The summed E-state index contributed by atoms with van der Waals surface area (Å²) in [4.78, 5) is 12.3. The van der Waals surface area contributed by atoms with Gasteiger partial charge in [-0.1, -0.05) is 80.6 Å². The predicted molar refractivity (Wildman–Crippen MR) is 102 cm³/mol. The highest BCUT2D eigenvalue weighted by atomic mass is 79.9. The molecule has 0 radical (unpaired) electrons. The van der Waals surface area contributed by atoms with Gasteiger partial charge in [0.25, 0.3) is 0 Å². The van der Waals surface area contributed by atoms with E-state index < -0.39 is 0 Å². The molecule has 0 aromatic carbocycles. The number of esters is 1. The van der Waals surface area contributed by atoms with Crippen LogP contribution in [0, 0.1) is 11.8 Å². The molecular formula is C20H37BrO2. The van der Waals surface area contributed by atoms with Crippen LogP contribution in [0.15, 0.2) is 0 Å². The number of ether oxygens (including phenoxy) is 1. The zero-order chi connectivity index (χ0) is 16.8. The highest BCUT2D eigenvalue weighted by Crippen LogP contribution is 2.40. The summed E-state index contributed by atoms with van der Waals surface area (Å²) in [6, 6.07) is 0. The summed E-state index contributed by atoms with van der Waals surface area (Å²) >= 11 is 3.46. The van der Waals surface area contributed by atoms with Crippen LogP contribution in [0.4, 0.5) is 0 Å². The lowest BCUT2D eigenvalue weighted by atomic mass is 9.96. The van der Waals surface area contributed by atoms with Gasteiger partial charge in [-0.15, -0.1) is 0 Å². The van der Waals surface area contributed by atoms with E-state index in [4.69, 9.17) is 4.74 Å². The van der Waals surface area contributed by atoms with Crippen molar-refractivity contribution in [2.75, 3.05) is 11.9 Å². The van der Waals surface area contributed by atoms with Crippen molar-refractivity contribution in [3.63, 3.8) is 0 Å². The number of halogens is 1.